The number of thioether (sulfide) groups is 1. The molecule has 0 atom stereocenters. The summed E-state index contributed by atoms with van der Waals surface area (Å²) in [6.07, 6.45) is 4.57. The van der Waals surface area contributed by atoms with Crippen molar-refractivity contribution in [1.82, 2.24) is 19.1 Å². The lowest BCUT2D eigenvalue weighted by Gasteiger charge is -2.26. The number of sulfonamides is 1. The van der Waals surface area contributed by atoms with Gasteiger partial charge in [0.2, 0.25) is 15.9 Å². The number of nitrogens with one attached hydrogen (secondary N) is 1. The van der Waals surface area contributed by atoms with Crippen LogP contribution in [0.3, 0.4) is 0 Å². The van der Waals surface area contributed by atoms with E-state index in [1.54, 1.807) is 6.07 Å². The maximum Gasteiger partial charge on any atom is 0.244 e. The molecule has 2 saturated carbocycles. The first kappa shape index (κ1) is 22.1. The number of ether oxygens (including phenoxy) is 1. The molecule has 32 heavy (non-hydrogen) atoms. The zero-order valence-electron chi connectivity index (χ0n) is 17.4. The Morgan fingerprint density at radius 1 is 1.19 bits per heavy atom. The Kier molecular flexibility index (Phi) is 6.19. The predicted molar refractivity (Wildman–Crippen MR) is 121 cm³/mol. The summed E-state index contributed by atoms with van der Waals surface area (Å²) in [6.45, 7) is 1.24. The van der Waals surface area contributed by atoms with Gasteiger partial charge in [0.15, 0.2) is 5.16 Å². The molecule has 2 aromatic rings. The molecule has 172 valence electrons. The maximum absolute atomic E-state index is 13.0. The first-order valence-electron chi connectivity index (χ1n) is 10.7. The first-order valence-corrected chi connectivity index (χ1v) is 13.5. The number of morpholine rings is 1. The molecule has 9 nitrogen and oxygen atoms in total. The summed E-state index contributed by atoms with van der Waals surface area (Å²) in [5.41, 5.74) is 0.383. The van der Waals surface area contributed by atoms with Crippen molar-refractivity contribution in [3.05, 3.63) is 29.0 Å². The summed E-state index contributed by atoms with van der Waals surface area (Å²) in [7, 11) is -3.77. The van der Waals surface area contributed by atoms with Crippen LogP contribution >= 0.6 is 23.4 Å². The second-order valence-electron chi connectivity index (χ2n) is 8.21. The Morgan fingerprint density at radius 3 is 2.62 bits per heavy atom. The topological polar surface area (TPSA) is 106 Å². The minimum absolute atomic E-state index is 0.0194. The van der Waals surface area contributed by atoms with Crippen LogP contribution in [0.2, 0.25) is 5.02 Å². The van der Waals surface area contributed by atoms with Crippen molar-refractivity contribution in [2.24, 2.45) is 0 Å². The van der Waals surface area contributed by atoms with E-state index in [1.807, 2.05) is 0 Å². The molecule has 1 aromatic heterocycles. The molecule has 1 N–H and O–H groups in total. The molecule has 0 spiro atoms. The number of hydrogen-bond donors (Lipinski definition) is 1. The van der Waals surface area contributed by atoms with E-state index < -0.39 is 10.0 Å². The van der Waals surface area contributed by atoms with Crippen molar-refractivity contribution in [2.75, 3.05) is 37.4 Å². The molecule has 0 radical (unpaired) electrons. The summed E-state index contributed by atoms with van der Waals surface area (Å²) in [4.78, 5) is 12.6. The van der Waals surface area contributed by atoms with E-state index in [4.69, 9.17) is 16.3 Å². The molecule has 1 amide bonds. The summed E-state index contributed by atoms with van der Waals surface area (Å²) in [5.74, 6) is 1.47. The minimum Gasteiger partial charge on any atom is -0.379 e. The number of anilines is 1. The number of aromatic nitrogens is 3. The molecule has 0 unspecified atom stereocenters. The van der Waals surface area contributed by atoms with Crippen molar-refractivity contribution < 1.29 is 17.9 Å². The number of hydrogen-bond acceptors (Lipinski definition) is 7. The largest absolute Gasteiger partial charge is 0.379 e. The highest BCUT2D eigenvalue weighted by Gasteiger charge is 2.36. The van der Waals surface area contributed by atoms with Crippen LogP contribution in [0.5, 0.6) is 0 Å². The van der Waals surface area contributed by atoms with Crippen LogP contribution in [-0.2, 0) is 19.6 Å². The van der Waals surface area contributed by atoms with Crippen LogP contribution in [-0.4, -0.2) is 65.5 Å². The van der Waals surface area contributed by atoms with Crippen molar-refractivity contribution in [3.8, 4) is 0 Å². The smallest absolute Gasteiger partial charge is 0.244 e. The zero-order chi connectivity index (χ0) is 22.3. The van der Waals surface area contributed by atoms with Crippen LogP contribution < -0.4 is 5.32 Å². The van der Waals surface area contributed by atoms with Gasteiger partial charge in [0.25, 0.3) is 0 Å². The van der Waals surface area contributed by atoms with Gasteiger partial charge in [-0.05, 0) is 43.9 Å². The van der Waals surface area contributed by atoms with Gasteiger partial charge in [0.1, 0.15) is 10.7 Å². The fourth-order valence-corrected chi connectivity index (χ4v) is 6.44. The number of amides is 1. The van der Waals surface area contributed by atoms with E-state index in [0.29, 0.717) is 30.9 Å². The van der Waals surface area contributed by atoms with Gasteiger partial charge in [-0.3, -0.25) is 4.79 Å². The fourth-order valence-electron chi connectivity index (χ4n) is 3.71. The Morgan fingerprint density at radius 2 is 1.94 bits per heavy atom. The van der Waals surface area contributed by atoms with Crippen LogP contribution in [0, 0.1) is 0 Å². The lowest BCUT2D eigenvalue weighted by molar-refractivity contribution is -0.113. The third kappa shape index (κ3) is 4.67. The van der Waals surface area contributed by atoms with Crippen LogP contribution in [0.25, 0.3) is 0 Å². The van der Waals surface area contributed by atoms with Crippen molar-refractivity contribution in [1.29, 1.82) is 0 Å². The Labute approximate surface area is 195 Å². The number of benzene rings is 1. The molecule has 0 bridgehead atoms. The van der Waals surface area contributed by atoms with Gasteiger partial charge in [-0.15, -0.1) is 10.2 Å². The van der Waals surface area contributed by atoms with Gasteiger partial charge in [-0.25, -0.2) is 8.42 Å². The quantitative estimate of drug-likeness (QED) is 0.559. The number of nitrogens with zero attached hydrogens (tertiary/aromatic N) is 4. The number of halogens is 1. The van der Waals surface area contributed by atoms with E-state index in [9.17, 15) is 13.2 Å². The van der Waals surface area contributed by atoms with Gasteiger partial charge in [-0.2, -0.15) is 4.31 Å². The van der Waals surface area contributed by atoms with Crippen LogP contribution in [0.1, 0.15) is 43.5 Å². The summed E-state index contributed by atoms with van der Waals surface area (Å²) in [6, 6.07) is 4.95. The van der Waals surface area contributed by atoms with E-state index in [-0.39, 0.29) is 34.7 Å². The zero-order valence-corrected chi connectivity index (χ0v) is 19.8. The number of carbonyl (C=O) groups excluding carboxylic acids is 1. The summed E-state index contributed by atoms with van der Waals surface area (Å²) < 4.78 is 34.7. The third-order valence-corrected chi connectivity index (χ3v) is 9.00. The highest BCUT2D eigenvalue weighted by atomic mass is 35.5. The maximum atomic E-state index is 13.0. The molecule has 1 aliphatic heterocycles. The lowest BCUT2D eigenvalue weighted by atomic mass is 10.3. The normalized spacial score (nSPS) is 19.8. The molecule has 1 saturated heterocycles. The fraction of sp³-hybridized carbons (Fsp3) is 0.550. The standard InChI is InChI=1S/C20H24ClN5O4S2/c21-16-6-3-14(11-17(16)32(28,29)25-7-9-30-10-8-25)22-18(27)12-31-20-24-23-19(13-1-2-13)26(20)15-4-5-15/h3,6,11,13,15H,1-2,4-5,7-10,12H2,(H,22,27). The van der Waals surface area contributed by atoms with E-state index in [0.717, 1.165) is 36.7 Å². The monoisotopic (exact) mass is 497 g/mol. The molecular formula is C20H24ClN5O4S2. The molecule has 3 fully saturated rings. The average Bonchev–Trinajstić information content (AvgIpc) is 3.73. The molecule has 2 aliphatic carbocycles. The Balaban J connectivity index is 1.26. The Bertz CT molecular complexity index is 1130. The van der Waals surface area contributed by atoms with Gasteiger partial charge >= 0.3 is 0 Å². The predicted octanol–water partition coefficient (Wildman–Crippen LogP) is 2.90. The van der Waals surface area contributed by atoms with Gasteiger partial charge < -0.3 is 14.6 Å². The summed E-state index contributed by atoms with van der Waals surface area (Å²) in [5, 5.41) is 12.3. The van der Waals surface area contributed by atoms with E-state index in [1.165, 1.54) is 28.2 Å². The molecule has 1 aromatic carbocycles. The second-order valence-corrected chi connectivity index (χ2v) is 11.5. The number of carbonyl (C=O) groups is 1. The third-order valence-electron chi connectivity index (χ3n) is 5.68. The molecule has 12 heteroatoms. The molecule has 3 aliphatic rings. The molecular weight excluding hydrogens is 474 g/mol. The highest BCUT2D eigenvalue weighted by molar-refractivity contribution is 7.99. The Hall–Kier alpha value is -1.66. The van der Waals surface area contributed by atoms with Gasteiger partial charge in [-0.1, -0.05) is 23.4 Å². The van der Waals surface area contributed by atoms with Crippen molar-refractivity contribution in [2.45, 2.75) is 47.7 Å². The first-order chi connectivity index (χ1) is 15.4. The van der Waals surface area contributed by atoms with E-state index >= 15 is 0 Å². The van der Waals surface area contributed by atoms with Crippen molar-refractivity contribution in [3.63, 3.8) is 0 Å². The van der Waals surface area contributed by atoms with Gasteiger partial charge in [0.05, 0.1) is 24.0 Å². The van der Waals surface area contributed by atoms with Crippen molar-refractivity contribution >= 4 is 45.0 Å². The number of rotatable bonds is 8. The van der Waals surface area contributed by atoms with E-state index in [2.05, 4.69) is 20.1 Å². The molecule has 5 rings (SSSR count). The van der Waals surface area contributed by atoms with Crippen LogP contribution in [0.4, 0.5) is 5.69 Å². The second kappa shape index (κ2) is 8.94. The minimum atomic E-state index is -3.77. The van der Waals surface area contributed by atoms with Crippen LogP contribution in [0.15, 0.2) is 28.3 Å². The van der Waals surface area contributed by atoms with Gasteiger partial charge in [0, 0.05) is 30.7 Å². The lowest BCUT2D eigenvalue weighted by Crippen LogP contribution is -2.40. The SMILES string of the molecule is O=C(CSc1nnc(C2CC2)n1C1CC1)Nc1ccc(Cl)c(S(=O)(=O)N2CCOCC2)c1. The average molecular weight is 498 g/mol. The highest BCUT2D eigenvalue weighted by Crippen LogP contribution is 2.46. The molecule has 2 heterocycles. The summed E-state index contributed by atoms with van der Waals surface area (Å²) >= 11 is 7.55.